The molecule has 5 heteroatoms. The average molecular weight is 330 g/mol. The second-order valence-corrected chi connectivity index (χ2v) is 6.26. The van der Waals surface area contributed by atoms with Gasteiger partial charge in [-0.15, -0.1) is 0 Å². The minimum absolute atomic E-state index is 0.253. The van der Waals surface area contributed by atoms with Crippen LogP contribution in [-0.2, 0) is 16.0 Å². The minimum atomic E-state index is -1.22. The molecule has 0 aliphatic heterocycles. The van der Waals surface area contributed by atoms with Crippen molar-refractivity contribution in [2.45, 2.75) is 39.5 Å². The molecule has 0 fully saturated rings. The minimum Gasteiger partial charge on any atom is -0.480 e. The Labute approximate surface area is 142 Å². The van der Waals surface area contributed by atoms with Gasteiger partial charge in [0.1, 0.15) is 11.2 Å². The number of H-pyrrole nitrogens is 1. The lowest BCUT2D eigenvalue weighted by Gasteiger charge is -2.25. The normalized spacial score (nSPS) is 13.8. The number of hydrogen-bond donors (Lipinski definition) is 3. The number of para-hydroxylation sites is 1. The summed E-state index contributed by atoms with van der Waals surface area (Å²) in [5.41, 5.74) is 1.19. The molecule has 0 aliphatic rings. The third-order valence-corrected chi connectivity index (χ3v) is 4.89. The van der Waals surface area contributed by atoms with Crippen LogP contribution in [-0.4, -0.2) is 34.9 Å². The van der Waals surface area contributed by atoms with Gasteiger partial charge in [-0.25, -0.2) is 0 Å². The van der Waals surface area contributed by atoms with Gasteiger partial charge in [0.25, 0.3) is 0 Å². The maximum atomic E-state index is 11.7. The number of ketones is 1. The van der Waals surface area contributed by atoms with E-state index in [1.807, 2.05) is 18.3 Å². The summed E-state index contributed by atoms with van der Waals surface area (Å²) < 4.78 is 0. The first kappa shape index (κ1) is 18.2. The predicted molar refractivity (Wildman–Crippen MR) is 95.1 cm³/mol. The van der Waals surface area contributed by atoms with Crippen molar-refractivity contribution in [3.8, 4) is 0 Å². The molecule has 1 atom stereocenters. The standard InChI is InChI=1S/C19H26N2O3/c1-3-19(14(2)22,18(23)24)10-6-11-20-12-9-15-13-21-17-8-5-4-7-16(15)17/h4-5,7-8,13,20-21H,3,6,9-12H2,1-2H3,(H,23,24). The Kier molecular flexibility index (Phi) is 6.15. The van der Waals surface area contributed by atoms with Gasteiger partial charge in [-0.3, -0.25) is 9.59 Å². The number of benzene rings is 1. The maximum Gasteiger partial charge on any atom is 0.317 e. The highest BCUT2D eigenvalue weighted by Crippen LogP contribution is 2.29. The Hall–Kier alpha value is -2.14. The van der Waals surface area contributed by atoms with Crippen LogP contribution in [0.2, 0.25) is 0 Å². The zero-order valence-corrected chi connectivity index (χ0v) is 14.4. The van der Waals surface area contributed by atoms with Gasteiger partial charge in [-0.1, -0.05) is 25.1 Å². The molecule has 1 aromatic heterocycles. The molecule has 5 nitrogen and oxygen atoms in total. The van der Waals surface area contributed by atoms with Crippen LogP contribution < -0.4 is 5.32 Å². The topological polar surface area (TPSA) is 82.2 Å². The van der Waals surface area contributed by atoms with Crippen molar-refractivity contribution >= 4 is 22.7 Å². The van der Waals surface area contributed by atoms with Crippen LogP contribution >= 0.6 is 0 Å². The van der Waals surface area contributed by atoms with Crippen molar-refractivity contribution in [2.24, 2.45) is 5.41 Å². The van der Waals surface area contributed by atoms with Crippen molar-refractivity contribution in [2.75, 3.05) is 13.1 Å². The summed E-state index contributed by atoms with van der Waals surface area (Å²) in [5.74, 6) is -1.26. The quantitative estimate of drug-likeness (QED) is 0.462. The fourth-order valence-corrected chi connectivity index (χ4v) is 3.21. The van der Waals surface area contributed by atoms with E-state index < -0.39 is 11.4 Å². The van der Waals surface area contributed by atoms with Crippen LogP contribution in [0.1, 0.15) is 38.7 Å². The predicted octanol–water partition coefficient (Wildman–Crippen LogP) is 3.15. The fourth-order valence-electron chi connectivity index (χ4n) is 3.21. The molecule has 0 bridgehead atoms. The van der Waals surface area contributed by atoms with Crippen molar-refractivity contribution in [1.29, 1.82) is 0 Å². The molecular weight excluding hydrogens is 304 g/mol. The Balaban J connectivity index is 1.77. The first-order valence-corrected chi connectivity index (χ1v) is 8.51. The number of carbonyl (C=O) groups is 2. The van der Waals surface area contributed by atoms with Gasteiger partial charge in [-0.05, 0) is 57.3 Å². The lowest BCUT2D eigenvalue weighted by Crippen LogP contribution is -2.38. The summed E-state index contributed by atoms with van der Waals surface area (Å²) in [6, 6.07) is 8.21. The highest BCUT2D eigenvalue weighted by Gasteiger charge is 2.40. The summed E-state index contributed by atoms with van der Waals surface area (Å²) in [6.07, 6.45) is 4.35. The van der Waals surface area contributed by atoms with Crippen molar-refractivity contribution in [3.05, 3.63) is 36.0 Å². The Morgan fingerprint density at radius 3 is 2.67 bits per heavy atom. The maximum absolute atomic E-state index is 11.7. The van der Waals surface area contributed by atoms with Gasteiger partial charge in [0.2, 0.25) is 0 Å². The molecule has 0 aliphatic carbocycles. The van der Waals surface area contributed by atoms with E-state index in [0.717, 1.165) is 18.5 Å². The molecule has 0 spiro atoms. The number of carboxylic acids is 1. The number of fused-ring (bicyclic) bond motifs is 1. The monoisotopic (exact) mass is 330 g/mol. The summed E-state index contributed by atoms with van der Waals surface area (Å²) in [5, 5.41) is 14.0. The summed E-state index contributed by atoms with van der Waals surface area (Å²) in [4.78, 5) is 26.4. The van der Waals surface area contributed by atoms with Crippen LogP contribution in [0.5, 0.6) is 0 Å². The number of aromatic nitrogens is 1. The molecule has 1 heterocycles. The molecule has 2 aromatic rings. The molecule has 1 aromatic carbocycles. The number of carbonyl (C=O) groups excluding carboxylic acids is 1. The Bertz CT molecular complexity index is 691. The van der Waals surface area contributed by atoms with Crippen LogP contribution in [0.4, 0.5) is 0 Å². The van der Waals surface area contributed by atoms with E-state index in [9.17, 15) is 14.7 Å². The van der Waals surface area contributed by atoms with E-state index in [1.165, 1.54) is 17.9 Å². The molecule has 0 amide bonds. The molecule has 0 saturated heterocycles. The second-order valence-electron chi connectivity index (χ2n) is 6.26. The second kappa shape index (κ2) is 8.11. The molecule has 130 valence electrons. The van der Waals surface area contributed by atoms with Gasteiger partial charge in [0.15, 0.2) is 0 Å². The molecule has 2 rings (SSSR count). The Morgan fingerprint density at radius 2 is 2.00 bits per heavy atom. The van der Waals surface area contributed by atoms with Crippen molar-refractivity contribution in [1.82, 2.24) is 10.3 Å². The molecular formula is C19H26N2O3. The zero-order valence-electron chi connectivity index (χ0n) is 14.4. The van der Waals surface area contributed by atoms with E-state index in [0.29, 0.717) is 25.8 Å². The van der Waals surface area contributed by atoms with Crippen LogP contribution in [0.3, 0.4) is 0 Å². The summed E-state index contributed by atoms with van der Waals surface area (Å²) in [6.45, 7) is 4.68. The SMILES string of the molecule is CCC(CCCNCCc1c[nH]c2ccccc12)(C(C)=O)C(=O)O. The number of aromatic amines is 1. The van der Waals surface area contributed by atoms with Crippen molar-refractivity contribution in [3.63, 3.8) is 0 Å². The number of carboxylic acid groups (broad SMARTS) is 1. The van der Waals surface area contributed by atoms with Crippen LogP contribution in [0.25, 0.3) is 10.9 Å². The summed E-state index contributed by atoms with van der Waals surface area (Å²) >= 11 is 0. The fraction of sp³-hybridized carbons (Fsp3) is 0.474. The smallest absolute Gasteiger partial charge is 0.317 e. The third-order valence-electron chi connectivity index (χ3n) is 4.89. The molecule has 0 radical (unpaired) electrons. The average Bonchev–Trinajstić information content (AvgIpc) is 2.97. The third kappa shape index (κ3) is 3.85. The highest BCUT2D eigenvalue weighted by atomic mass is 16.4. The molecule has 0 saturated carbocycles. The van der Waals surface area contributed by atoms with Gasteiger partial charge in [-0.2, -0.15) is 0 Å². The van der Waals surface area contributed by atoms with Crippen LogP contribution in [0.15, 0.2) is 30.5 Å². The molecule has 24 heavy (non-hydrogen) atoms. The number of hydrogen-bond acceptors (Lipinski definition) is 3. The molecule has 3 N–H and O–H groups in total. The van der Waals surface area contributed by atoms with E-state index in [4.69, 9.17) is 0 Å². The lowest BCUT2D eigenvalue weighted by molar-refractivity contribution is -0.155. The first-order chi connectivity index (χ1) is 11.5. The van der Waals surface area contributed by atoms with Crippen LogP contribution in [0, 0.1) is 5.41 Å². The number of rotatable bonds is 10. The number of nitrogens with one attached hydrogen (secondary N) is 2. The summed E-state index contributed by atoms with van der Waals surface area (Å²) in [7, 11) is 0. The van der Waals surface area contributed by atoms with Crippen molar-refractivity contribution < 1.29 is 14.7 Å². The van der Waals surface area contributed by atoms with E-state index in [1.54, 1.807) is 6.92 Å². The van der Waals surface area contributed by atoms with Gasteiger partial charge < -0.3 is 15.4 Å². The highest BCUT2D eigenvalue weighted by molar-refractivity contribution is 6.01. The van der Waals surface area contributed by atoms with Gasteiger partial charge >= 0.3 is 5.97 Å². The molecule has 1 unspecified atom stereocenters. The lowest BCUT2D eigenvalue weighted by atomic mass is 9.77. The van der Waals surface area contributed by atoms with Gasteiger partial charge in [0.05, 0.1) is 0 Å². The number of Topliss-reactive ketones (excluding diaryl/α,β-unsaturated/α-hetero) is 1. The van der Waals surface area contributed by atoms with Gasteiger partial charge in [0, 0.05) is 17.1 Å². The number of aliphatic carboxylic acids is 1. The van der Waals surface area contributed by atoms with E-state index in [-0.39, 0.29) is 5.78 Å². The zero-order chi connectivity index (χ0) is 17.6. The van der Waals surface area contributed by atoms with E-state index >= 15 is 0 Å². The Morgan fingerprint density at radius 1 is 1.25 bits per heavy atom. The first-order valence-electron chi connectivity index (χ1n) is 8.51. The van der Waals surface area contributed by atoms with E-state index in [2.05, 4.69) is 22.4 Å². The largest absolute Gasteiger partial charge is 0.480 e.